The highest BCUT2D eigenvalue weighted by Gasteiger charge is 2.39. The standard InChI is InChI=1S/C13H15F3N4O/c1-9(2)5-20-11(17-8-18-20)7-19-4-3-10(6-19)12(21)13(14,15)16/h3-4,6,8-9H,5,7H2,1-2H3. The summed E-state index contributed by atoms with van der Waals surface area (Å²) in [6.45, 7) is 4.99. The van der Waals surface area contributed by atoms with E-state index in [1.807, 2.05) is 13.8 Å². The van der Waals surface area contributed by atoms with Crippen molar-refractivity contribution in [2.75, 3.05) is 0 Å². The van der Waals surface area contributed by atoms with Crippen molar-refractivity contribution in [2.24, 2.45) is 5.92 Å². The minimum atomic E-state index is -4.86. The van der Waals surface area contributed by atoms with E-state index >= 15 is 0 Å². The zero-order valence-corrected chi connectivity index (χ0v) is 11.6. The molecule has 0 fully saturated rings. The molecule has 21 heavy (non-hydrogen) atoms. The first kappa shape index (κ1) is 15.3. The molecule has 0 aliphatic heterocycles. The first-order valence-electron chi connectivity index (χ1n) is 6.41. The highest BCUT2D eigenvalue weighted by atomic mass is 19.4. The lowest BCUT2D eigenvalue weighted by Gasteiger charge is -2.09. The van der Waals surface area contributed by atoms with Crippen LogP contribution in [0.3, 0.4) is 0 Å². The molecule has 2 rings (SSSR count). The van der Waals surface area contributed by atoms with Crippen molar-refractivity contribution in [1.29, 1.82) is 0 Å². The van der Waals surface area contributed by atoms with Gasteiger partial charge in [0.25, 0.3) is 5.78 Å². The van der Waals surface area contributed by atoms with E-state index in [4.69, 9.17) is 0 Å². The van der Waals surface area contributed by atoms with Crippen molar-refractivity contribution in [2.45, 2.75) is 33.1 Å². The van der Waals surface area contributed by atoms with Crippen LogP contribution in [-0.4, -0.2) is 31.3 Å². The number of Topliss-reactive ketones (excluding diaryl/α,β-unsaturated/α-hetero) is 1. The number of halogens is 3. The van der Waals surface area contributed by atoms with Crippen LogP contribution in [0.1, 0.15) is 30.0 Å². The Balaban J connectivity index is 2.13. The third-order valence-corrected chi connectivity index (χ3v) is 2.83. The molecular formula is C13H15F3N4O. The zero-order valence-electron chi connectivity index (χ0n) is 11.6. The van der Waals surface area contributed by atoms with Gasteiger partial charge in [0.05, 0.1) is 6.54 Å². The summed E-state index contributed by atoms with van der Waals surface area (Å²) >= 11 is 0. The van der Waals surface area contributed by atoms with Crippen LogP contribution in [0.4, 0.5) is 13.2 Å². The van der Waals surface area contributed by atoms with Crippen LogP contribution < -0.4 is 0 Å². The van der Waals surface area contributed by atoms with Crippen molar-refractivity contribution in [1.82, 2.24) is 19.3 Å². The van der Waals surface area contributed by atoms with Crippen molar-refractivity contribution in [3.63, 3.8) is 0 Å². The maximum Gasteiger partial charge on any atom is 0.454 e. The van der Waals surface area contributed by atoms with Gasteiger partial charge in [0.1, 0.15) is 12.2 Å². The van der Waals surface area contributed by atoms with Crippen LogP contribution in [0.2, 0.25) is 0 Å². The fourth-order valence-corrected chi connectivity index (χ4v) is 1.91. The lowest BCUT2D eigenvalue weighted by Crippen LogP contribution is -2.22. The topological polar surface area (TPSA) is 52.7 Å². The molecule has 0 unspecified atom stereocenters. The molecule has 2 aromatic rings. The van der Waals surface area contributed by atoms with Gasteiger partial charge in [-0.25, -0.2) is 9.67 Å². The van der Waals surface area contributed by atoms with Crippen LogP contribution in [0.5, 0.6) is 0 Å². The molecule has 0 N–H and O–H groups in total. The van der Waals surface area contributed by atoms with Crippen LogP contribution >= 0.6 is 0 Å². The summed E-state index contributed by atoms with van der Waals surface area (Å²) < 4.78 is 40.2. The van der Waals surface area contributed by atoms with Crippen molar-refractivity contribution in [3.8, 4) is 0 Å². The van der Waals surface area contributed by atoms with Gasteiger partial charge >= 0.3 is 6.18 Å². The van der Waals surface area contributed by atoms with Gasteiger partial charge in [-0.1, -0.05) is 13.8 Å². The van der Waals surface area contributed by atoms with Gasteiger partial charge in [0.2, 0.25) is 0 Å². The lowest BCUT2D eigenvalue weighted by molar-refractivity contribution is -0.0885. The summed E-state index contributed by atoms with van der Waals surface area (Å²) in [4.78, 5) is 15.2. The molecule has 0 bridgehead atoms. The van der Waals surface area contributed by atoms with Gasteiger partial charge in [-0.3, -0.25) is 4.79 Å². The lowest BCUT2D eigenvalue weighted by atomic mass is 10.2. The summed E-state index contributed by atoms with van der Waals surface area (Å²) in [5.74, 6) is -0.840. The van der Waals surface area contributed by atoms with Gasteiger partial charge in [-0.15, -0.1) is 0 Å². The third-order valence-electron chi connectivity index (χ3n) is 2.83. The van der Waals surface area contributed by atoms with E-state index in [2.05, 4.69) is 10.1 Å². The van der Waals surface area contributed by atoms with E-state index < -0.39 is 12.0 Å². The first-order chi connectivity index (χ1) is 9.77. The number of hydrogen-bond donors (Lipinski definition) is 0. The minimum absolute atomic E-state index is 0.262. The average molecular weight is 300 g/mol. The smallest absolute Gasteiger partial charge is 0.346 e. The predicted octanol–water partition coefficient (Wildman–Crippen LogP) is 2.53. The Hall–Kier alpha value is -2.12. The number of aromatic nitrogens is 4. The van der Waals surface area contributed by atoms with Crippen LogP contribution in [0.25, 0.3) is 0 Å². The van der Waals surface area contributed by atoms with Crippen molar-refractivity contribution < 1.29 is 18.0 Å². The molecule has 2 heterocycles. The summed E-state index contributed by atoms with van der Waals surface area (Å²) in [7, 11) is 0. The fraction of sp³-hybridized carbons (Fsp3) is 0.462. The van der Waals surface area contributed by atoms with E-state index in [-0.39, 0.29) is 12.1 Å². The van der Waals surface area contributed by atoms with E-state index in [0.29, 0.717) is 18.3 Å². The molecule has 0 spiro atoms. The molecular weight excluding hydrogens is 285 g/mol. The number of rotatable bonds is 5. The summed E-state index contributed by atoms with van der Waals surface area (Å²) in [5.41, 5.74) is -0.377. The van der Waals surface area contributed by atoms with Crippen molar-refractivity contribution in [3.05, 3.63) is 36.2 Å². The Morgan fingerprint density at radius 3 is 2.71 bits per heavy atom. The maximum absolute atomic E-state index is 12.3. The van der Waals surface area contributed by atoms with E-state index in [1.54, 1.807) is 4.68 Å². The normalized spacial score (nSPS) is 12.1. The summed E-state index contributed by atoms with van der Waals surface area (Å²) in [6, 6.07) is 1.15. The Kier molecular flexibility index (Phi) is 4.15. The third kappa shape index (κ3) is 3.71. The second kappa shape index (κ2) is 5.71. The zero-order chi connectivity index (χ0) is 15.6. The molecule has 0 aliphatic carbocycles. The summed E-state index contributed by atoms with van der Waals surface area (Å²) in [5, 5.41) is 4.08. The second-order valence-corrected chi connectivity index (χ2v) is 5.15. The molecule has 5 nitrogen and oxygen atoms in total. The van der Waals surface area contributed by atoms with Gasteiger partial charge in [0.15, 0.2) is 0 Å². The number of ketones is 1. The van der Waals surface area contributed by atoms with E-state index in [0.717, 1.165) is 6.07 Å². The van der Waals surface area contributed by atoms with E-state index in [9.17, 15) is 18.0 Å². The number of carbonyl (C=O) groups is 1. The van der Waals surface area contributed by atoms with Gasteiger partial charge < -0.3 is 4.57 Å². The fourth-order valence-electron chi connectivity index (χ4n) is 1.91. The largest absolute Gasteiger partial charge is 0.454 e. The SMILES string of the molecule is CC(C)Cn1ncnc1Cn1ccc(C(=O)C(F)(F)F)c1. The summed E-state index contributed by atoms with van der Waals surface area (Å²) in [6.07, 6.45) is -0.857. The highest BCUT2D eigenvalue weighted by molar-refractivity contribution is 6.00. The first-order valence-corrected chi connectivity index (χ1v) is 6.41. The van der Waals surface area contributed by atoms with Crippen LogP contribution in [0, 0.1) is 5.92 Å². The number of hydrogen-bond acceptors (Lipinski definition) is 3. The molecule has 0 aromatic carbocycles. The molecule has 0 radical (unpaired) electrons. The van der Waals surface area contributed by atoms with Crippen molar-refractivity contribution >= 4 is 5.78 Å². The van der Waals surface area contributed by atoms with Gasteiger partial charge in [-0.2, -0.15) is 18.3 Å². The molecule has 0 saturated carbocycles. The Labute approximate surface area is 119 Å². The maximum atomic E-state index is 12.3. The molecule has 114 valence electrons. The predicted molar refractivity (Wildman–Crippen MR) is 68.8 cm³/mol. The molecule has 8 heteroatoms. The minimum Gasteiger partial charge on any atom is -0.346 e. The number of carbonyl (C=O) groups excluding carboxylic acids is 1. The molecule has 0 saturated heterocycles. The van der Waals surface area contributed by atoms with Gasteiger partial charge in [-0.05, 0) is 12.0 Å². The number of alkyl halides is 3. The Morgan fingerprint density at radius 2 is 2.10 bits per heavy atom. The number of nitrogens with zero attached hydrogens (tertiary/aromatic N) is 4. The van der Waals surface area contributed by atoms with Crippen LogP contribution in [0.15, 0.2) is 24.8 Å². The van der Waals surface area contributed by atoms with Crippen LogP contribution in [-0.2, 0) is 13.1 Å². The molecule has 2 aromatic heterocycles. The molecule has 0 aliphatic rings. The molecule has 0 atom stereocenters. The second-order valence-electron chi connectivity index (χ2n) is 5.15. The molecule has 0 amide bonds. The Morgan fingerprint density at radius 1 is 1.38 bits per heavy atom. The van der Waals surface area contributed by atoms with E-state index in [1.165, 1.54) is 23.3 Å². The van der Waals surface area contributed by atoms with Gasteiger partial charge in [0, 0.05) is 24.5 Å². The average Bonchev–Trinajstić information content (AvgIpc) is 2.97. The Bertz CT molecular complexity index is 627. The highest BCUT2D eigenvalue weighted by Crippen LogP contribution is 2.21. The quantitative estimate of drug-likeness (QED) is 0.797. The monoisotopic (exact) mass is 300 g/mol.